The van der Waals surface area contributed by atoms with E-state index in [1.165, 1.54) is 25.7 Å². The van der Waals surface area contributed by atoms with Gasteiger partial charge in [0.1, 0.15) is 0 Å². The molecule has 1 aliphatic rings. The molecule has 4 nitrogen and oxygen atoms in total. The van der Waals surface area contributed by atoms with Gasteiger partial charge in [-0.2, -0.15) is 0 Å². The Hall–Kier alpha value is -1.03. The lowest BCUT2D eigenvalue weighted by atomic mass is 9.87. The lowest BCUT2D eigenvalue weighted by molar-refractivity contribution is 0.163. The van der Waals surface area contributed by atoms with Crippen molar-refractivity contribution in [2.75, 3.05) is 19.0 Å². The molecule has 0 spiro atoms. The highest BCUT2D eigenvalue weighted by molar-refractivity contribution is 5.28. The van der Waals surface area contributed by atoms with Crippen molar-refractivity contribution in [3.63, 3.8) is 0 Å². The number of ether oxygens (including phenoxy) is 1. The van der Waals surface area contributed by atoms with Crippen molar-refractivity contribution in [3.05, 3.63) is 12.4 Å². The number of methoxy groups -OCH3 is 1. The monoisotopic (exact) mass is 251 g/mol. The number of aromatic nitrogens is 2. The van der Waals surface area contributed by atoms with Crippen molar-refractivity contribution in [2.24, 2.45) is 5.92 Å². The van der Waals surface area contributed by atoms with E-state index in [2.05, 4.69) is 28.7 Å². The van der Waals surface area contributed by atoms with E-state index in [-0.39, 0.29) is 0 Å². The maximum atomic E-state index is 5.21. The molecule has 3 unspecified atom stereocenters. The second kappa shape index (κ2) is 6.23. The number of rotatable bonds is 5. The summed E-state index contributed by atoms with van der Waals surface area (Å²) in [4.78, 5) is 4.43. The third-order valence-electron chi connectivity index (χ3n) is 3.82. The SMILES string of the molecule is COCC(C)n1ccnc1NC1CCCC(C)C1. The number of nitrogens with zero attached hydrogens (tertiary/aromatic N) is 2. The van der Waals surface area contributed by atoms with Crippen molar-refractivity contribution >= 4 is 5.95 Å². The molecule has 1 heterocycles. The Labute approximate surface area is 110 Å². The topological polar surface area (TPSA) is 39.1 Å². The molecule has 1 aromatic rings. The third kappa shape index (κ3) is 3.25. The quantitative estimate of drug-likeness (QED) is 0.874. The first kappa shape index (κ1) is 13.4. The fourth-order valence-corrected chi connectivity index (χ4v) is 2.85. The van der Waals surface area contributed by atoms with E-state index >= 15 is 0 Å². The van der Waals surface area contributed by atoms with Crippen LogP contribution in [0.4, 0.5) is 5.95 Å². The summed E-state index contributed by atoms with van der Waals surface area (Å²) in [5, 5.41) is 3.60. The second-order valence-corrected chi connectivity index (χ2v) is 5.58. The smallest absolute Gasteiger partial charge is 0.203 e. The van der Waals surface area contributed by atoms with Crippen LogP contribution in [-0.4, -0.2) is 29.3 Å². The first-order valence-electron chi connectivity index (χ1n) is 6.99. The zero-order chi connectivity index (χ0) is 13.0. The van der Waals surface area contributed by atoms with Gasteiger partial charge in [0, 0.05) is 25.5 Å². The number of imidazole rings is 1. The Kier molecular flexibility index (Phi) is 4.64. The summed E-state index contributed by atoms with van der Waals surface area (Å²) in [6, 6.07) is 0.894. The predicted octanol–water partition coefficient (Wildman–Crippen LogP) is 3.08. The molecule has 2 rings (SSSR count). The van der Waals surface area contributed by atoms with Gasteiger partial charge in [-0.05, 0) is 25.7 Å². The van der Waals surface area contributed by atoms with E-state index in [4.69, 9.17) is 4.74 Å². The molecule has 0 saturated heterocycles. The molecule has 3 atom stereocenters. The van der Waals surface area contributed by atoms with E-state index < -0.39 is 0 Å². The summed E-state index contributed by atoms with van der Waals surface area (Å²) >= 11 is 0. The summed E-state index contributed by atoms with van der Waals surface area (Å²) in [5.41, 5.74) is 0. The van der Waals surface area contributed by atoms with Gasteiger partial charge in [0.15, 0.2) is 0 Å². The van der Waals surface area contributed by atoms with Gasteiger partial charge in [0.05, 0.1) is 12.6 Å². The van der Waals surface area contributed by atoms with E-state index in [9.17, 15) is 0 Å². The van der Waals surface area contributed by atoms with Gasteiger partial charge < -0.3 is 14.6 Å². The van der Waals surface area contributed by atoms with Crippen molar-refractivity contribution in [1.29, 1.82) is 0 Å². The van der Waals surface area contributed by atoms with Crippen LogP contribution in [-0.2, 0) is 4.74 Å². The van der Waals surface area contributed by atoms with Crippen LogP contribution in [0.2, 0.25) is 0 Å². The summed E-state index contributed by atoms with van der Waals surface area (Å²) in [6.07, 6.45) is 9.10. The van der Waals surface area contributed by atoms with Gasteiger partial charge in [0.2, 0.25) is 5.95 Å². The predicted molar refractivity (Wildman–Crippen MR) is 73.9 cm³/mol. The molecular weight excluding hydrogens is 226 g/mol. The van der Waals surface area contributed by atoms with Gasteiger partial charge >= 0.3 is 0 Å². The van der Waals surface area contributed by atoms with Gasteiger partial charge in [-0.3, -0.25) is 0 Å². The van der Waals surface area contributed by atoms with Crippen LogP contribution < -0.4 is 5.32 Å². The molecule has 1 aliphatic carbocycles. The van der Waals surface area contributed by atoms with Gasteiger partial charge in [-0.15, -0.1) is 0 Å². The number of hydrogen-bond donors (Lipinski definition) is 1. The highest BCUT2D eigenvalue weighted by Gasteiger charge is 2.20. The van der Waals surface area contributed by atoms with Crippen LogP contribution in [0.5, 0.6) is 0 Å². The summed E-state index contributed by atoms with van der Waals surface area (Å²) in [7, 11) is 1.74. The van der Waals surface area contributed by atoms with Gasteiger partial charge in [-0.25, -0.2) is 4.98 Å². The minimum atomic E-state index is 0.320. The van der Waals surface area contributed by atoms with Gasteiger partial charge in [0.25, 0.3) is 0 Å². The van der Waals surface area contributed by atoms with Crippen molar-refractivity contribution < 1.29 is 4.74 Å². The molecule has 4 heteroatoms. The lowest BCUT2D eigenvalue weighted by Crippen LogP contribution is -2.28. The molecular formula is C14H25N3O. The molecule has 0 aliphatic heterocycles. The first-order chi connectivity index (χ1) is 8.70. The molecule has 1 aromatic heterocycles. The lowest BCUT2D eigenvalue weighted by Gasteiger charge is -2.28. The van der Waals surface area contributed by atoms with Crippen LogP contribution in [0, 0.1) is 5.92 Å². The average molecular weight is 251 g/mol. The Morgan fingerprint density at radius 2 is 2.39 bits per heavy atom. The van der Waals surface area contributed by atoms with E-state index in [1.807, 2.05) is 12.4 Å². The van der Waals surface area contributed by atoms with Crippen molar-refractivity contribution in [3.8, 4) is 0 Å². The second-order valence-electron chi connectivity index (χ2n) is 5.58. The fourth-order valence-electron chi connectivity index (χ4n) is 2.85. The van der Waals surface area contributed by atoms with Crippen LogP contribution in [0.1, 0.15) is 45.6 Å². The Morgan fingerprint density at radius 3 is 3.11 bits per heavy atom. The Balaban J connectivity index is 1.98. The summed E-state index contributed by atoms with van der Waals surface area (Å²) in [5.74, 6) is 1.81. The minimum Gasteiger partial charge on any atom is -0.383 e. The van der Waals surface area contributed by atoms with Crippen molar-refractivity contribution in [2.45, 2.75) is 51.6 Å². The summed E-state index contributed by atoms with van der Waals surface area (Å²) in [6.45, 7) is 5.21. The fraction of sp³-hybridized carbons (Fsp3) is 0.786. The third-order valence-corrected chi connectivity index (χ3v) is 3.82. The number of nitrogens with one attached hydrogen (secondary N) is 1. The first-order valence-corrected chi connectivity index (χ1v) is 6.99. The van der Waals surface area contributed by atoms with E-state index in [0.717, 1.165) is 11.9 Å². The summed E-state index contributed by atoms with van der Waals surface area (Å²) < 4.78 is 7.38. The molecule has 0 aromatic carbocycles. The minimum absolute atomic E-state index is 0.320. The Morgan fingerprint density at radius 1 is 1.56 bits per heavy atom. The van der Waals surface area contributed by atoms with Gasteiger partial charge in [-0.1, -0.05) is 19.8 Å². The largest absolute Gasteiger partial charge is 0.383 e. The number of anilines is 1. The molecule has 0 bridgehead atoms. The van der Waals surface area contributed by atoms with Crippen molar-refractivity contribution in [1.82, 2.24) is 9.55 Å². The van der Waals surface area contributed by atoms with E-state index in [0.29, 0.717) is 18.7 Å². The average Bonchev–Trinajstić information content (AvgIpc) is 2.77. The standard InChI is InChI=1S/C14H25N3O/c1-11-5-4-6-13(9-11)16-14-15-7-8-17(14)12(2)10-18-3/h7-8,11-13H,4-6,9-10H2,1-3H3,(H,15,16). The zero-order valence-corrected chi connectivity index (χ0v) is 11.7. The molecule has 1 N–H and O–H groups in total. The maximum Gasteiger partial charge on any atom is 0.203 e. The maximum absolute atomic E-state index is 5.21. The van der Waals surface area contributed by atoms with E-state index in [1.54, 1.807) is 7.11 Å². The van der Waals surface area contributed by atoms with Crippen LogP contribution in [0.15, 0.2) is 12.4 Å². The molecule has 1 fully saturated rings. The molecule has 0 amide bonds. The van der Waals surface area contributed by atoms with Crippen LogP contribution in [0.25, 0.3) is 0 Å². The highest BCUT2D eigenvalue weighted by atomic mass is 16.5. The number of hydrogen-bond acceptors (Lipinski definition) is 3. The molecule has 18 heavy (non-hydrogen) atoms. The highest BCUT2D eigenvalue weighted by Crippen LogP contribution is 2.26. The van der Waals surface area contributed by atoms with Crippen LogP contribution in [0.3, 0.4) is 0 Å². The Bertz CT molecular complexity index is 364. The normalized spacial score (nSPS) is 25.9. The molecule has 1 saturated carbocycles. The molecule has 0 radical (unpaired) electrons. The van der Waals surface area contributed by atoms with Crippen LogP contribution >= 0.6 is 0 Å². The zero-order valence-electron chi connectivity index (χ0n) is 11.7. The molecule has 102 valence electrons.